The molecule has 3 heterocycles. The molecule has 5 nitrogen and oxygen atoms in total. The van der Waals surface area contributed by atoms with Crippen molar-refractivity contribution in [2.75, 3.05) is 0 Å². The molecule has 15 rings (SSSR count). The van der Waals surface area contributed by atoms with Gasteiger partial charge in [0, 0.05) is 15.9 Å². The number of rotatable bonds is 6. The van der Waals surface area contributed by atoms with Gasteiger partial charge in [-0.25, -0.2) is 0 Å². The van der Waals surface area contributed by atoms with E-state index in [-0.39, 0.29) is 21.8 Å². The van der Waals surface area contributed by atoms with E-state index in [0.717, 1.165) is 93.7 Å². The minimum Gasteiger partial charge on any atom is -0.0579 e. The third-order valence-corrected chi connectivity index (χ3v) is 18.7. The van der Waals surface area contributed by atoms with Crippen LogP contribution in [0.25, 0.3) is 61.2 Å². The van der Waals surface area contributed by atoms with Crippen molar-refractivity contribution in [1.29, 1.82) is 0 Å². The number of benzene rings is 8. The fourth-order valence-electron chi connectivity index (χ4n) is 14.2. The summed E-state index contributed by atoms with van der Waals surface area (Å²) in [6.45, 7) is 4.12. The maximum atomic E-state index is 8.73. The molecule has 0 radical (unpaired) electrons. The molecule has 0 saturated heterocycles. The van der Waals surface area contributed by atoms with E-state index in [1.807, 2.05) is 47.0 Å². The van der Waals surface area contributed by atoms with Crippen molar-refractivity contribution in [2.45, 2.75) is 95.2 Å². The fourth-order valence-corrected chi connectivity index (χ4v) is 15.3. The van der Waals surface area contributed by atoms with Crippen molar-refractivity contribution < 1.29 is 28.2 Å². The van der Waals surface area contributed by atoms with Crippen LogP contribution in [-0.2, 0) is 61.3 Å². The third-order valence-electron chi connectivity index (χ3n) is 17.7. The van der Waals surface area contributed by atoms with Gasteiger partial charge in [-0.1, -0.05) is 57.2 Å². The number of aromatic nitrogens is 4. The summed E-state index contributed by atoms with van der Waals surface area (Å²) in [6, 6.07) is 65.7. The molecule has 8 aromatic carbocycles. The summed E-state index contributed by atoms with van der Waals surface area (Å²) in [6.07, 6.45) is 10.6. The predicted octanol–water partition coefficient (Wildman–Crippen LogP) is 16.0. The summed E-state index contributed by atoms with van der Waals surface area (Å²) >= 11 is 2.60. The number of nitrogens with zero attached hydrogens (tertiary/aromatic N) is 4. The van der Waals surface area contributed by atoms with Gasteiger partial charge < -0.3 is 0 Å². The summed E-state index contributed by atoms with van der Waals surface area (Å²) in [5.41, 5.74) is 21.0. The van der Waals surface area contributed by atoms with Crippen molar-refractivity contribution >= 4 is 32.8 Å². The first-order valence-electron chi connectivity index (χ1n) is 28.1. The Bertz CT molecular complexity index is 4290. The second kappa shape index (κ2) is 16.6. The summed E-state index contributed by atoms with van der Waals surface area (Å²) in [5, 5.41) is 1.96. The number of fused-ring (bicyclic) bond motifs is 12. The molecule has 6 heteroatoms. The molecule has 3 aromatic heterocycles. The molecule has 4 aliphatic carbocycles. The predicted molar refractivity (Wildman–Crippen MR) is 299 cm³/mol. The van der Waals surface area contributed by atoms with Crippen molar-refractivity contribution in [3.8, 4) is 39.8 Å². The van der Waals surface area contributed by atoms with E-state index >= 15 is 0 Å². The Hall–Kier alpha value is -7.33. The molecular formula is C69H56N4OPt-2. The van der Waals surface area contributed by atoms with E-state index in [1.54, 1.807) is 23.4 Å². The van der Waals surface area contributed by atoms with E-state index in [1.165, 1.54) is 50.1 Å². The SMILES string of the molecule is [2H]C([2H])([2H])c1cc(-n2c3[c-]c(Oc4[c-]c(-n5[c](=[Pt])n(-c6c7c(cc8c6C6(CCc9ccccc96)CC8)CCC76CCc7ccccc76)c6ccccc65)ccc4)ccc3c3ccccc32)ncc1-c1ccc(C(C)(C)C)cc1. The standard InChI is InChI=1S/C69H56N4O.Pt/c1-44-38-63(70-42-56(44)45-24-26-50(27-25-45)67(2,3)4)73-59-21-10-7-18-54(59)55-29-28-53(41-62(55)73)74-52-17-13-16-51(40-52)71-43-72(61-23-12-11-22-60(61)71)66-64-48(32-36-68(64)34-30-46-14-5-8-19-57(46)68)39-49-33-37-69(65(49)66)35-31-47-15-6-9-20-58(47)69;/h5-29,38-39,42H,30-37H2,1-4H3;/q-2;/i1D3;. The minimum atomic E-state index is -2.40. The first-order chi connectivity index (χ1) is 37.8. The van der Waals surface area contributed by atoms with Crippen LogP contribution in [0.4, 0.5) is 0 Å². The Morgan fingerprint density at radius 3 is 1.84 bits per heavy atom. The number of pyridine rings is 1. The van der Waals surface area contributed by atoms with E-state index in [2.05, 4.69) is 177 Å². The number of imidazole rings is 1. The molecule has 2 unspecified atom stereocenters. The van der Waals surface area contributed by atoms with E-state index in [4.69, 9.17) is 13.8 Å². The minimum absolute atomic E-state index is 0.0344. The van der Waals surface area contributed by atoms with Crippen molar-refractivity contribution in [3.05, 3.63) is 242 Å². The first-order valence-corrected chi connectivity index (χ1v) is 27.8. The molecular weight excluding hydrogens is 1100 g/mol. The number of aryl methyl sites for hydroxylation is 5. The van der Waals surface area contributed by atoms with Gasteiger partial charge in [-0.05, 0) is 29.0 Å². The smallest absolute Gasteiger partial charge is 0.0579 e. The second-order valence-corrected chi connectivity index (χ2v) is 23.5. The van der Waals surface area contributed by atoms with Crippen molar-refractivity contribution in [1.82, 2.24) is 18.7 Å². The average Bonchev–Trinajstić information content (AvgIpc) is 3.99. The van der Waals surface area contributed by atoms with E-state index in [9.17, 15) is 0 Å². The molecule has 2 atom stereocenters. The monoisotopic (exact) mass is 1150 g/mol. The van der Waals surface area contributed by atoms with Crippen LogP contribution < -0.4 is 4.74 Å². The van der Waals surface area contributed by atoms with Crippen LogP contribution in [0.2, 0.25) is 0 Å². The van der Waals surface area contributed by atoms with E-state index in [0.29, 0.717) is 22.9 Å². The Labute approximate surface area is 453 Å². The van der Waals surface area contributed by atoms with Crippen LogP contribution in [-0.4, -0.2) is 18.7 Å². The molecule has 0 N–H and O–H groups in total. The summed E-state index contributed by atoms with van der Waals surface area (Å²) in [4.78, 5) is 5.00. The Morgan fingerprint density at radius 1 is 0.573 bits per heavy atom. The van der Waals surface area contributed by atoms with Crippen LogP contribution in [0.3, 0.4) is 0 Å². The normalized spacial score (nSPS) is 19.2. The number of hydrogen-bond acceptors (Lipinski definition) is 2. The van der Waals surface area contributed by atoms with Gasteiger partial charge in [-0.2, -0.15) is 0 Å². The first kappa shape index (κ1) is 42.0. The van der Waals surface area contributed by atoms with Gasteiger partial charge in [-0.15, -0.1) is 0 Å². The number of para-hydroxylation sites is 3. The van der Waals surface area contributed by atoms with E-state index < -0.39 is 6.85 Å². The quantitative estimate of drug-likeness (QED) is 0.156. The number of ether oxygens (including phenoxy) is 1. The van der Waals surface area contributed by atoms with Crippen LogP contribution >= 0.6 is 0 Å². The molecule has 0 fully saturated rings. The third kappa shape index (κ3) is 6.66. The van der Waals surface area contributed by atoms with Crippen LogP contribution in [0.5, 0.6) is 11.5 Å². The van der Waals surface area contributed by atoms with Gasteiger partial charge in [0.1, 0.15) is 0 Å². The zero-order chi connectivity index (χ0) is 52.9. The second-order valence-electron chi connectivity index (χ2n) is 22.5. The van der Waals surface area contributed by atoms with Gasteiger partial charge in [-0.3, -0.25) is 0 Å². The van der Waals surface area contributed by atoms with Crippen LogP contribution in [0.15, 0.2) is 170 Å². The molecule has 75 heavy (non-hydrogen) atoms. The Kier molecular flexibility index (Phi) is 9.28. The Balaban J connectivity index is 0.864. The molecule has 4 aliphatic rings. The molecule has 2 spiro atoms. The molecule has 0 aliphatic heterocycles. The van der Waals surface area contributed by atoms with Gasteiger partial charge in [0.25, 0.3) is 0 Å². The maximum absolute atomic E-state index is 8.73. The average molecular weight is 1160 g/mol. The molecule has 0 amide bonds. The molecule has 0 bridgehead atoms. The summed E-state index contributed by atoms with van der Waals surface area (Å²) in [5.74, 6) is 1.56. The van der Waals surface area contributed by atoms with Gasteiger partial charge in [0.15, 0.2) is 0 Å². The molecule has 370 valence electrons. The van der Waals surface area contributed by atoms with Crippen molar-refractivity contribution in [3.63, 3.8) is 0 Å². The molecule has 0 saturated carbocycles. The molecule has 11 aromatic rings. The zero-order valence-electron chi connectivity index (χ0n) is 45.3. The summed E-state index contributed by atoms with van der Waals surface area (Å²) < 4.78 is 41.1. The van der Waals surface area contributed by atoms with Gasteiger partial charge in [0.2, 0.25) is 0 Å². The summed E-state index contributed by atoms with van der Waals surface area (Å²) in [7, 11) is 0. The topological polar surface area (TPSA) is 36.9 Å². The number of hydrogen-bond donors (Lipinski definition) is 0. The van der Waals surface area contributed by atoms with Gasteiger partial charge in [0.05, 0.1) is 0 Å². The fraction of sp³-hybridized carbons (Fsp3) is 0.217. The van der Waals surface area contributed by atoms with Crippen LogP contribution in [0, 0.1) is 22.8 Å². The van der Waals surface area contributed by atoms with Crippen molar-refractivity contribution in [2.24, 2.45) is 0 Å². The Morgan fingerprint density at radius 2 is 1.17 bits per heavy atom. The van der Waals surface area contributed by atoms with Crippen LogP contribution in [0.1, 0.15) is 106 Å². The zero-order valence-corrected chi connectivity index (χ0v) is 44.6. The van der Waals surface area contributed by atoms with Gasteiger partial charge >= 0.3 is 354 Å².